The molecule has 29 heavy (non-hydrogen) atoms. The van der Waals surface area contributed by atoms with Crippen molar-refractivity contribution in [3.05, 3.63) is 65.2 Å². The van der Waals surface area contributed by atoms with Crippen LogP contribution in [0.2, 0.25) is 0 Å². The van der Waals surface area contributed by atoms with Gasteiger partial charge in [-0.15, -0.1) is 10.2 Å². The molecule has 2 amide bonds. The van der Waals surface area contributed by atoms with Crippen molar-refractivity contribution >= 4 is 45.7 Å². The highest BCUT2D eigenvalue weighted by Crippen LogP contribution is 2.26. The van der Waals surface area contributed by atoms with Crippen LogP contribution in [-0.4, -0.2) is 27.8 Å². The molecule has 1 heterocycles. The molecule has 2 N–H and O–H groups in total. The van der Waals surface area contributed by atoms with E-state index in [1.54, 1.807) is 0 Å². The smallest absolute Gasteiger partial charge is 0.234 e. The Morgan fingerprint density at radius 2 is 1.79 bits per heavy atom. The van der Waals surface area contributed by atoms with E-state index in [-0.39, 0.29) is 17.6 Å². The maximum atomic E-state index is 12.2. The normalized spacial score (nSPS) is 10.6. The van der Waals surface area contributed by atoms with Crippen molar-refractivity contribution in [1.82, 2.24) is 10.2 Å². The zero-order chi connectivity index (χ0) is 20.6. The molecule has 0 aliphatic carbocycles. The van der Waals surface area contributed by atoms with Gasteiger partial charge in [0.05, 0.1) is 5.75 Å². The van der Waals surface area contributed by atoms with Crippen molar-refractivity contribution in [3.8, 4) is 0 Å². The summed E-state index contributed by atoms with van der Waals surface area (Å²) in [6, 6.07) is 15.8. The predicted molar refractivity (Wildman–Crippen MR) is 119 cm³/mol. The van der Waals surface area contributed by atoms with E-state index in [4.69, 9.17) is 0 Å². The second-order valence-electron chi connectivity index (χ2n) is 6.56. The van der Waals surface area contributed by atoms with Gasteiger partial charge in [-0.1, -0.05) is 65.6 Å². The highest BCUT2D eigenvalue weighted by atomic mass is 32.2. The average Bonchev–Trinajstić information content (AvgIpc) is 3.16. The third kappa shape index (κ3) is 6.69. The van der Waals surface area contributed by atoms with Gasteiger partial charge in [0.15, 0.2) is 4.34 Å². The fourth-order valence-corrected chi connectivity index (χ4v) is 4.16. The van der Waals surface area contributed by atoms with Gasteiger partial charge in [0.2, 0.25) is 16.9 Å². The summed E-state index contributed by atoms with van der Waals surface area (Å²) in [6.45, 7) is 3.94. The number of aromatic nitrogens is 2. The Morgan fingerprint density at radius 3 is 2.59 bits per heavy atom. The lowest BCUT2D eigenvalue weighted by Gasteiger charge is -2.08. The van der Waals surface area contributed by atoms with Crippen molar-refractivity contribution in [2.45, 2.75) is 31.0 Å². The lowest BCUT2D eigenvalue weighted by Crippen LogP contribution is -2.14. The number of hydrogen-bond acceptors (Lipinski definition) is 6. The number of carbonyl (C=O) groups is 2. The Hall–Kier alpha value is -2.71. The topological polar surface area (TPSA) is 84.0 Å². The summed E-state index contributed by atoms with van der Waals surface area (Å²) in [5, 5.41) is 14.1. The van der Waals surface area contributed by atoms with Gasteiger partial charge < -0.3 is 10.6 Å². The molecule has 0 aliphatic heterocycles. The number of hydrogen-bond donors (Lipinski definition) is 2. The van der Waals surface area contributed by atoms with Gasteiger partial charge >= 0.3 is 0 Å². The average molecular weight is 427 g/mol. The standard InChI is InChI=1S/C21H22N4O2S2/c1-14-8-9-15(2)17(12-14)22-19(27)13-28-21-25-24-20(29-21)23-18(26)11-10-16-6-4-3-5-7-16/h3-9,12H,10-11,13H2,1-2H3,(H,22,27)(H,23,24,26). The number of aryl methyl sites for hydroxylation is 3. The first-order valence-electron chi connectivity index (χ1n) is 9.17. The van der Waals surface area contributed by atoms with Crippen LogP contribution in [0.1, 0.15) is 23.1 Å². The van der Waals surface area contributed by atoms with Crippen molar-refractivity contribution in [2.24, 2.45) is 0 Å². The van der Waals surface area contributed by atoms with E-state index in [9.17, 15) is 9.59 Å². The van der Waals surface area contributed by atoms with E-state index in [0.717, 1.165) is 22.4 Å². The molecule has 2 aromatic carbocycles. The summed E-state index contributed by atoms with van der Waals surface area (Å²) < 4.78 is 0.638. The van der Waals surface area contributed by atoms with Crippen LogP contribution >= 0.6 is 23.1 Å². The van der Waals surface area contributed by atoms with Gasteiger partial charge in [-0.2, -0.15) is 0 Å². The molecular formula is C21H22N4O2S2. The molecule has 6 nitrogen and oxygen atoms in total. The van der Waals surface area contributed by atoms with Gasteiger partial charge in [0.25, 0.3) is 0 Å². The Balaban J connectivity index is 1.44. The number of benzene rings is 2. The van der Waals surface area contributed by atoms with Gasteiger partial charge in [0, 0.05) is 12.1 Å². The van der Waals surface area contributed by atoms with Crippen molar-refractivity contribution in [3.63, 3.8) is 0 Å². The van der Waals surface area contributed by atoms with E-state index in [0.29, 0.717) is 22.3 Å². The van der Waals surface area contributed by atoms with Crippen LogP contribution in [0.15, 0.2) is 52.9 Å². The Labute approximate surface area is 178 Å². The van der Waals surface area contributed by atoms with E-state index < -0.39 is 0 Å². The van der Waals surface area contributed by atoms with Crippen LogP contribution in [0.3, 0.4) is 0 Å². The second kappa shape index (κ2) is 10.2. The van der Waals surface area contributed by atoms with E-state index >= 15 is 0 Å². The molecule has 0 radical (unpaired) electrons. The molecule has 1 aromatic heterocycles. The van der Waals surface area contributed by atoms with Gasteiger partial charge in [-0.25, -0.2) is 0 Å². The first-order valence-corrected chi connectivity index (χ1v) is 11.0. The minimum Gasteiger partial charge on any atom is -0.325 e. The van der Waals surface area contributed by atoms with Crippen LogP contribution in [0.25, 0.3) is 0 Å². The van der Waals surface area contributed by atoms with Gasteiger partial charge in [-0.3, -0.25) is 9.59 Å². The lowest BCUT2D eigenvalue weighted by molar-refractivity contribution is -0.116. The molecule has 0 fully saturated rings. The number of carbonyl (C=O) groups excluding carboxylic acids is 2. The number of amides is 2. The van der Waals surface area contributed by atoms with Gasteiger partial charge in [0.1, 0.15) is 0 Å². The molecule has 3 aromatic rings. The van der Waals surface area contributed by atoms with E-state index in [1.165, 1.54) is 23.1 Å². The monoisotopic (exact) mass is 426 g/mol. The molecule has 0 bridgehead atoms. The number of anilines is 2. The van der Waals surface area contributed by atoms with E-state index in [2.05, 4.69) is 20.8 Å². The Bertz CT molecular complexity index is 989. The number of nitrogens with one attached hydrogen (secondary N) is 2. The molecule has 0 unspecified atom stereocenters. The molecule has 0 saturated heterocycles. The molecule has 0 saturated carbocycles. The first-order chi connectivity index (χ1) is 14.0. The maximum Gasteiger partial charge on any atom is 0.234 e. The highest BCUT2D eigenvalue weighted by molar-refractivity contribution is 8.01. The highest BCUT2D eigenvalue weighted by Gasteiger charge is 2.11. The summed E-state index contributed by atoms with van der Waals surface area (Å²) in [5.41, 5.74) is 4.05. The number of rotatable bonds is 8. The van der Waals surface area contributed by atoms with Crippen LogP contribution in [0, 0.1) is 13.8 Å². The molecule has 0 spiro atoms. The number of thioether (sulfide) groups is 1. The number of nitrogens with zero attached hydrogens (tertiary/aromatic N) is 2. The fourth-order valence-electron chi connectivity index (χ4n) is 2.59. The van der Waals surface area contributed by atoms with Crippen LogP contribution in [0.4, 0.5) is 10.8 Å². The SMILES string of the molecule is Cc1ccc(C)c(NC(=O)CSc2nnc(NC(=O)CCc3ccccc3)s2)c1. The summed E-state index contributed by atoms with van der Waals surface area (Å²) >= 11 is 2.56. The fraction of sp³-hybridized carbons (Fsp3) is 0.238. The van der Waals surface area contributed by atoms with Gasteiger partial charge in [-0.05, 0) is 43.0 Å². The molecule has 150 valence electrons. The van der Waals surface area contributed by atoms with Crippen molar-refractivity contribution in [2.75, 3.05) is 16.4 Å². The minimum absolute atomic E-state index is 0.103. The van der Waals surface area contributed by atoms with Crippen molar-refractivity contribution in [1.29, 1.82) is 0 Å². The summed E-state index contributed by atoms with van der Waals surface area (Å²) in [6.07, 6.45) is 1.05. The van der Waals surface area contributed by atoms with Crippen LogP contribution in [-0.2, 0) is 16.0 Å². The van der Waals surface area contributed by atoms with Crippen LogP contribution in [0.5, 0.6) is 0 Å². The quantitative estimate of drug-likeness (QED) is 0.410. The largest absolute Gasteiger partial charge is 0.325 e. The molecule has 0 atom stereocenters. The zero-order valence-corrected chi connectivity index (χ0v) is 17.9. The summed E-state index contributed by atoms with van der Waals surface area (Å²) in [5.74, 6) is 0.0193. The Kier molecular flexibility index (Phi) is 7.37. The first kappa shape index (κ1) is 21.0. The van der Waals surface area contributed by atoms with Crippen molar-refractivity contribution < 1.29 is 9.59 Å². The molecule has 3 rings (SSSR count). The molecule has 0 aliphatic rings. The molecular weight excluding hydrogens is 404 g/mol. The molecule has 8 heteroatoms. The second-order valence-corrected chi connectivity index (χ2v) is 8.76. The summed E-state index contributed by atoms with van der Waals surface area (Å²) in [4.78, 5) is 24.3. The zero-order valence-electron chi connectivity index (χ0n) is 16.3. The lowest BCUT2D eigenvalue weighted by atomic mass is 10.1. The maximum absolute atomic E-state index is 12.2. The van der Waals surface area contributed by atoms with Crippen LogP contribution < -0.4 is 10.6 Å². The third-order valence-electron chi connectivity index (χ3n) is 4.13. The predicted octanol–water partition coefficient (Wildman–Crippen LogP) is 4.46. The Morgan fingerprint density at radius 1 is 1.00 bits per heavy atom. The third-order valence-corrected chi connectivity index (χ3v) is 6.10. The van der Waals surface area contributed by atoms with E-state index in [1.807, 2.05) is 62.4 Å². The minimum atomic E-state index is -0.104. The summed E-state index contributed by atoms with van der Waals surface area (Å²) in [7, 11) is 0.